The van der Waals surface area contributed by atoms with E-state index in [4.69, 9.17) is 4.74 Å². The molecule has 0 radical (unpaired) electrons. The standard InChI is InChI=1S/C27H28F2N4O2/c1-35-26-11-4-21(18-30-31-27(34)17-20-2-5-23(28)6-3-20)16-22(26)19-32-12-14-33(15-13-32)25-9-7-24(29)8-10-25/h2-11,16,18H,12-15,17,19H2,1H3,(H,31,34)/b30-18+. The van der Waals surface area contributed by atoms with E-state index in [1.165, 1.54) is 24.3 Å². The highest BCUT2D eigenvalue weighted by Gasteiger charge is 2.19. The molecule has 1 fully saturated rings. The van der Waals surface area contributed by atoms with Gasteiger partial charge in [0.25, 0.3) is 0 Å². The molecule has 6 nitrogen and oxygen atoms in total. The topological polar surface area (TPSA) is 57.2 Å². The first-order valence-corrected chi connectivity index (χ1v) is 11.5. The Balaban J connectivity index is 1.32. The zero-order valence-corrected chi connectivity index (χ0v) is 19.6. The van der Waals surface area contributed by atoms with E-state index in [1.807, 2.05) is 30.3 Å². The summed E-state index contributed by atoms with van der Waals surface area (Å²) in [5.41, 5.74) is 6.13. The van der Waals surface area contributed by atoms with E-state index in [-0.39, 0.29) is 24.0 Å². The number of anilines is 1. The van der Waals surface area contributed by atoms with E-state index in [9.17, 15) is 13.6 Å². The number of piperazine rings is 1. The Morgan fingerprint density at radius 2 is 1.63 bits per heavy atom. The third-order valence-electron chi connectivity index (χ3n) is 5.94. The maximum atomic E-state index is 13.2. The molecule has 0 bridgehead atoms. The molecule has 1 aliphatic rings. The van der Waals surface area contributed by atoms with Crippen molar-refractivity contribution in [2.75, 3.05) is 38.2 Å². The number of hydrazone groups is 1. The lowest BCUT2D eigenvalue weighted by molar-refractivity contribution is -0.120. The molecular weight excluding hydrogens is 450 g/mol. The van der Waals surface area contributed by atoms with Gasteiger partial charge in [0.05, 0.1) is 19.7 Å². The third kappa shape index (κ3) is 6.86. The summed E-state index contributed by atoms with van der Waals surface area (Å²) in [5.74, 6) is -0.0447. The minimum absolute atomic E-state index is 0.120. The minimum Gasteiger partial charge on any atom is -0.496 e. The Morgan fingerprint density at radius 1 is 0.971 bits per heavy atom. The fourth-order valence-electron chi connectivity index (χ4n) is 4.07. The molecule has 8 heteroatoms. The lowest BCUT2D eigenvalue weighted by Crippen LogP contribution is -2.46. The second kappa shape index (κ2) is 11.6. The van der Waals surface area contributed by atoms with Crippen LogP contribution < -0.4 is 15.1 Å². The van der Waals surface area contributed by atoms with Crippen LogP contribution in [0, 0.1) is 11.6 Å². The summed E-state index contributed by atoms with van der Waals surface area (Å²) in [6.07, 6.45) is 1.72. The predicted octanol–water partition coefficient (Wildman–Crippen LogP) is 3.99. The van der Waals surface area contributed by atoms with Gasteiger partial charge < -0.3 is 9.64 Å². The van der Waals surface area contributed by atoms with Crippen LogP contribution in [-0.2, 0) is 17.8 Å². The SMILES string of the molecule is COc1ccc(/C=N/NC(=O)Cc2ccc(F)cc2)cc1CN1CCN(c2ccc(F)cc2)CC1. The van der Waals surface area contributed by atoms with Crippen molar-refractivity contribution in [2.45, 2.75) is 13.0 Å². The van der Waals surface area contributed by atoms with Crippen LogP contribution in [0.1, 0.15) is 16.7 Å². The van der Waals surface area contributed by atoms with E-state index >= 15 is 0 Å². The van der Waals surface area contributed by atoms with Crippen LogP contribution in [0.15, 0.2) is 71.8 Å². The van der Waals surface area contributed by atoms with Gasteiger partial charge in [-0.3, -0.25) is 9.69 Å². The first kappa shape index (κ1) is 24.3. The molecule has 0 aliphatic carbocycles. The van der Waals surface area contributed by atoms with Crippen LogP contribution in [0.5, 0.6) is 5.75 Å². The Kier molecular flexibility index (Phi) is 8.05. The van der Waals surface area contributed by atoms with E-state index in [1.54, 1.807) is 25.5 Å². The number of ether oxygens (including phenoxy) is 1. The van der Waals surface area contributed by atoms with Crippen molar-refractivity contribution in [2.24, 2.45) is 5.10 Å². The third-order valence-corrected chi connectivity index (χ3v) is 5.94. The number of hydrogen-bond acceptors (Lipinski definition) is 5. The number of nitrogens with zero attached hydrogens (tertiary/aromatic N) is 3. The molecule has 0 saturated carbocycles. The second-order valence-corrected chi connectivity index (χ2v) is 8.41. The molecule has 0 atom stereocenters. The summed E-state index contributed by atoms with van der Waals surface area (Å²) in [7, 11) is 1.65. The molecular formula is C27H28F2N4O2. The zero-order valence-electron chi connectivity index (χ0n) is 19.6. The molecule has 1 aliphatic heterocycles. The molecule has 3 aromatic carbocycles. The fraction of sp³-hybridized carbons (Fsp3) is 0.259. The van der Waals surface area contributed by atoms with Gasteiger partial charge in [0.15, 0.2) is 0 Å². The number of carbonyl (C=O) groups is 1. The van der Waals surface area contributed by atoms with Crippen molar-refractivity contribution in [3.05, 3.63) is 95.1 Å². The Bertz CT molecular complexity index is 1160. The quantitative estimate of drug-likeness (QED) is 0.393. The van der Waals surface area contributed by atoms with Crippen molar-refractivity contribution in [3.8, 4) is 5.75 Å². The Labute approximate surface area is 203 Å². The first-order chi connectivity index (χ1) is 17.0. The van der Waals surface area contributed by atoms with E-state index < -0.39 is 0 Å². The Morgan fingerprint density at radius 3 is 2.29 bits per heavy atom. The molecule has 0 aromatic heterocycles. The van der Waals surface area contributed by atoms with Crippen LogP contribution in [-0.4, -0.2) is 50.3 Å². The number of nitrogens with one attached hydrogen (secondary N) is 1. The molecule has 1 amide bonds. The molecule has 35 heavy (non-hydrogen) atoms. The summed E-state index contributed by atoms with van der Waals surface area (Å²) in [5, 5.41) is 4.06. The molecule has 1 heterocycles. The summed E-state index contributed by atoms with van der Waals surface area (Å²) >= 11 is 0. The molecule has 1 saturated heterocycles. The highest BCUT2D eigenvalue weighted by molar-refractivity contribution is 5.83. The maximum absolute atomic E-state index is 13.2. The summed E-state index contributed by atoms with van der Waals surface area (Å²) in [4.78, 5) is 16.7. The minimum atomic E-state index is -0.336. The summed E-state index contributed by atoms with van der Waals surface area (Å²) < 4.78 is 31.7. The normalized spacial score (nSPS) is 14.3. The number of amides is 1. The van der Waals surface area contributed by atoms with Crippen molar-refractivity contribution < 1.29 is 18.3 Å². The number of hydrogen-bond donors (Lipinski definition) is 1. The molecule has 182 valence electrons. The smallest absolute Gasteiger partial charge is 0.244 e. The van der Waals surface area contributed by atoms with Gasteiger partial charge >= 0.3 is 0 Å². The van der Waals surface area contributed by atoms with Gasteiger partial charge in [0, 0.05) is 44.0 Å². The number of benzene rings is 3. The van der Waals surface area contributed by atoms with Crippen LogP contribution in [0.2, 0.25) is 0 Å². The van der Waals surface area contributed by atoms with Gasteiger partial charge in [-0.25, -0.2) is 14.2 Å². The lowest BCUT2D eigenvalue weighted by Gasteiger charge is -2.36. The highest BCUT2D eigenvalue weighted by atomic mass is 19.1. The molecule has 1 N–H and O–H groups in total. The van der Waals surface area contributed by atoms with Gasteiger partial charge in [-0.2, -0.15) is 5.10 Å². The van der Waals surface area contributed by atoms with Crippen LogP contribution in [0.25, 0.3) is 0 Å². The first-order valence-electron chi connectivity index (χ1n) is 11.5. The average molecular weight is 479 g/mol. The number of methoxy groups -OCH3 is 1. The zero-order chi connectivity index (χ0) is 24.6. The number of rotatable bonds is 8. The maximum Gasteiger partial charge on any atom is 0.244 e. The Hall–Kier alpha value is -3.78. The monoisotopic (exact) mass is 478 g/mol. The average Bonchev–Trinajstić information content (AvgIpc) is 2.87. The largest absolute Gasteiger partial charge is 0.496 e. The molecule has 3 aromatic rings. The van der Waals surface area contributed by atoms with Crippen LogP contribution in [0.4, 0.5) is 14.5 Å². The van der Waals surface area contributed by atoms with Crippen LogP contribution >= 0.6 is 0 Å². The van der Waals surface area contributed by atoms with Crippen LogP contribution in [0.3, 0.4) is 0 Å². The predicted molar refractivity (Wildman–Crippen MR) is 133 cm³/mol. The van der Waals surface area contributed by atoms with Gasteiger partial charge in [-0.15, -0.1) is 0 Å². The van der Waals surface area contributed by atoms with Gasteiger partial charge in [0.1, 0.15) is 17.4 Å². The van der Waals surface area contributed by atoms with E-state index in [0.717, 1.165) is 55.3 Å². The molecule has 0 spiro atoms. The van der Waals surface area contributed by atoms with Crippen molar-refractivity contribution in [3.63, 3.8) is 0 Å². The number of carbonyl (C=O) groups excluding carboxylic acids is 1. The van der Waals surface area contributed by atoms with Crippen molar-refractivity contribution in [1.82, 2.24) is 10.3 Å². The lowest BCUT2D eigenvalue weighted by atomic mass is 10.1. The van der Waals surface area contributed by atoms with E-state index in [0.29, 0.717) is 5.56 Å². The molecule has 4 rings (SSSR count). The van der Waals surface area contributed by atoms with Crippen molar-refractivity contribution in [1.29, 1.82) is 0 Å². The van der Waals surface area contributed by atoms with E-state index in [2.05, 4.69) is 20.3 Å². The number of halogens is 2. The second-order valence-electron chi connectivity index (χ2n) is 8.41. The van der Waals surface area contributed by atoms with Gasteiger partial charge in [-0.1, -0.05) is 12.1 Å². The van der Waals surface area contributed by atoms with Crippen molar-refractivity contribution >= 4 is 17.8 Å². The summed E-state index contributed by atoms with van der Waals surface area (Å²) in [6, 6.07) is 18.2. The summed E-state index contributed by atoms with van der Waals surface area (Å²) in [6.45, 7) is 4.18. The van der Waals surface area contributed by atoms with Gasteiger partial charge in [0.2, 0.25) is 5.91 Å². The van der Waals surface area contributed by atoms with Gasteiger partial charge in [-0.05, 0) is 65.7 Å². The molecule has 0 unspecified atom stereocenters. The highest BCUT2D eigenvalue weighted by Crippen LogP contribution is 2.23. The fourth-order valence-corrected chi connectivity index (χ4v) is 4.07.